The zero-order valence-electron chi connectivity index (χ0n) is 9.70. The number of carbonyl (C=O) groups excluding carboxylic acids is 1. The first kappa shape index (κ1) is 13.6. The molecule has 0 fully saturated rings. The average molecular weight is 332 g/mol. The highest BCUT2D eigenvalue weighted by Crippen LogP contribution is 2.09. The quantitative estimate of drug-likeness (QED) is 0.748. The molecule has 0 aliphatic heterocycles. The topological polar surface area (TPSA) is 26.3 Å². The second kappa shape index (κ2) is 7.01. The van der Waals surface area contributed by atoms with Crippen LogP contribution in [0.4, 0.5) is 0 Å². The lowest BCUT2D eigenvalue weighted by atomic mass is 10.0. The van der Waals surface area contributed by atoms with Crippen molar-refractivity contribution in [3.8, 4) is 0 Å². The standard InChI is InChI=1S/C13H17IO2/c1-10(16-2)3-8-13(15)9-11-4-6-12(14)7-5-11/h4-7,10H,3,8-9H2,1-2H3. The molecular formula is C13H17IO2. The molecule has 0 bridgehead atoms. The zero-order chi connectivity index (χ0) is 12.0. The van der Waals surface area contributed by atoms with Gasteiger partial charge in [0.2, 0.25) is 0 Å². The minimum Gasteiger partial charge on any atom is -0.382 e. The van der Waals surface area contributed by atoms with Crippen molar-refractivity contribution in [2.75, 3.05) is 7.11 Å². The van der Waals surface area contributed by atoms with Gasteiger partial charge in [-0.2, -0.15) is 0 Å². The number of ketones is 1. The summed E-state index contributed by atoms with van der Waals surface area (Å²) in [4.78, 5) is 11.7. The Morgan fingerprint density at radius 2 is 2.00 bits per heavy atom. The predicted molar refractivity (Wildman–Crippen MR) is 73.6 cm³/mol. The number of benzene rings is 1. The summed E-state index contributed by atoms with van der Waals surface area (Å²) in [5.41, 5.74) is 1.09. The molecule has 0 radical (unpaired) electrons. The molecule has 0 aliphatic carbocycles. The number of halogens is 1. The van der Waals surface area contributed by atoms with E-state index in [4.69, 9.17) is 4.74 Å². The first-order chi connectivity index (χ1) is 7.61. The lowest BCUT2D eigenvalue weighted by Gasteiger charge is -2.08. The second-order valence-electron chi connectivity index (χ2n) is 3.93. The summed E-state index contributed by atoms with van der Waals surface area (Å²) in [5, 5.41) is 0. The molecule has 1 atom stereocenters. The fourth-order valence-electron chi connectivity index (χ4n) is 1.40. The molecule has 0 saturated carbocycles. The van der Waals surface area contributed by atoms with Crippen LogP contribution < -0.4 is 0 Å². The first-order valence-corrected chi connectivity index (χ1v) is 6.48. The molecular weight excluding hydrogens is 315 g/mol. The van der Waals surface area contributed by atoms with Crippen molar-refractivity contribution in [2.45, 2.75) is 32.3 Å². The van der Waals surface area contributed by atoms with Crippen LogP contribution in [0.2, 0.25) is 0 Å². The van der Waals surface area contributed by atoms with Crippen LogP contribution in [-0.2, 0) is 16.0 Å². The molecule has 2 nitrogen and oxygen atoms in total. The summed E-state index contributed by atoms with van der Waals surface area (Å²) in [6.45, 7) is 1.98. The molecule has 1 aromatic rings. The largest absolute Gasteiger partial charge is 0.382 e. The van der Waals surface area contributed by atoms with E-state index in [1.165, 1.54) is 3.57 Å². The second-order valence-corrected chi connectivity index (χ2v) is 5.17. The van der Waals surface area contributed by atoms with E-state index in [1.54, 1.807) is 7.11 Å². The van der Waals surface area contributed by atoms with Gasteiger partial charge in [-0.15, -0.1) is 0 Å². The SMILES string of the molecule is COC(C)CCC(=O)Cc1ccc(I)cc1. The van der Waals surface area contributed by atoms with Crippen LogP contribution in [0.5, 0.6) is 0 Å². The normalized spacial score (nSPS) is 12.4. The molecule has 88 valence electrons. The van der Waals surface area contributed by atoms with E-state index >= 15 is 0 Å². The van der Waals surface area contributed by atoms with Crippen LogP contribution >= 0.6 is 22.6 Å². The molecule has 1 unspecified atom stereocenters. The van der Waals surface area contributed by atoms with Crippen LogP contribution in [0.3, 0.4) is 0 Å². The molecule has 0 N–H and O–H groups in total. The van der Waals surface area contributed by atoms with Gasteiger partial charge in [-0.25, -0.2) is 0 Å². The van der Waals surface area contributed by atoms with Gasteiger partial charge in [0.15, 0.2) is 0 Å². The number of carbonyl (C=O) groups is 1. The Balaban J connectivity index is 2.37. The molecule has 3 heteroatoms. The fourth-order valence-corrected chi connectivity index (χ4v) is 1.76. The number of methoxy groups -OCH3 is 1. The molecule has 0 aromatic heterocycles. The summed E-state index contributed by atoms with van der Waals surface area (Å²) in [6.07, 6.45) is 2.11. The summed E-state index contributed by atoms with van der Waals surface area (Å²) in [5.74, 6) is 0.283. The highest BCUT2D eigenvalue weighted by atomic mass is 127. The number of Topliss-reactive ketones (excluding diaryl/α,β-unsaturated/α-hetero) is 1. The van der Waals surface area contributed by atoms with E-state index in [1.807, 2.05) is 31.2 Å². The van der Waals surface area contributed by atoms with Crippen molar-refractivity contribution in [3.05, 3.63) is 33.4 Å². The third-order valence-corrected chi connectivity index (χ3v) is 3.27. The van der Waals surface area contributed by atoms with Gasteiger partial charge in [0.1, 0.15) is 5.78 Å². The van der Waals surface area contributed by atoms with Gasteiger partial charge in [-0.1, -0.05) is 12.1 Å². The van der Waals surface area contributed by atoms with E-state index in [2.05, 4.69) is 22.6 Å². The van der Waals surface area contributed by atoms with Crippen molar-refractivity contribution < 1.29 is 9.53 Å². The predicted octanol–water partition coefficient (Wildman–Crippen LogP) is 3.22. The highest BCUT2D eigenvalue weighted by Gasteiger charge is 2.06. The van der Waals surface area contributed by atoms with E-state index in [-0.39, 0.29) is 11.9 Å². The summed E-state index contributed by atoms with van der Waals surface area (Å²) < 4.78 is 6.31. The molecule has 0 saturated heterocycles. The Morgan fingerprint density at radius 3 is 2.56 bits per heavy atom. The van der Waals surface area contributed by atoms with Crippen molar-refractivity contribution in [2.24, 2.45) is 0 Å². The van der Waals surface area contributed by atoms with E-state index in [0.717, 1.165) is 12.0 Å². The molecule has 0 amide bonds. The Kier molecular flexibility index (Phi) is 5.98. The van der Waals surface area contributed by atoms with Gasteiger partial charge in [0.05, 0.1) is 6.10 Å². The van der Waals surface area contributed by atoms with E-state index in [0.29, 0.717) is 12.8 Å². The van der Waals surface area contributed by atoms with Crippen molar-refractivity contribution in [1.82, 2.24) is 0 Å². The number of hydrogen-bond acceptors (Lipinski definition) is 2. The minimum atomic E-state index is 0.167. The Labute approximate surface area is 111 Å². The van der Waals surface area contributed by atoms with Crippen molar-refractivity contribution in [3.63, 3.8) is 0 Å². The lowest BCUT2D eigenvalue weighted by molar-refractivity contribution is -0.119. The lowest BCUT2D eigenvalue weighted by Crippen LogP contribution is -2.10. The van der Waals surface area contributed by atoms with Gasteiger partial charge >= 0.3 is 0 Å². The summed E-state index contributed by atoms with van der Waals surface area (Å²) in [6, 6.07) is 8.08. The third-order valence-electron chi connectivity index (χ3n) is 2.55. The smallest absolute Gasteiger partial charge is 0.137 e. The van der Waals surface area contributed by atoms with E-state index in [9.17, 15) is 4.79 Å². The van der Waals surface area contributed by atoms with Gasteiger partial charge in [-0.3, -0.25) is 4.79 Å². The molecule has 0 spiro atoms. The van der Waals surface area contributed by atoms with Gasteiger partial charge in [0, 0.05) is 23.5 Å². The monoisotopic (exact) mass is 332 g/mol. The third kappa shape index (κ3) is 5.07. The molecule has 0 heterocycles. The van der Waals surface area contributed by atoms with Crippen LogP contribution in [0.25, 0.3) is 0 Å². The van der Waals surface area contributed by atoms with Crippen LogP contribution in [-0.4, -0.2) is 19.0 Å². The average Bonchev–Trinajstić information content (AvgIpc) is 2.29. The van der Waals surface area contributed by atoms with Crippen LogP contribution in [0.15, 0.2) is 24.3 Å². The summed E-state index contributed by atoms with van der Waals surface area (Å²) >= 11 is 2.26. The molecule has 0 aliphatic rings. The maximum Gasteiger partial charge on any atom is 0.137 e. The van der Waals surface area contributed by atoms with Gasteiger partial charge in [0.25, 0.3) is 0 Å². The minimum absolute atomic E-state index is 0.167. The maximum atomic E-state index is 11.7. The number of rotatable bonds is 6. The van der Waals surface area contributed by atoms with Crippen LogP contribution in [0, 0.1) is 3.57 Å². The highest BCUT2D eigenvalue weighted by molar-refractivity contribution is 14.1. The Bertz CT molecular complexity index is 332. The summed E-state index contributed by atoms with van der Waals surface area (Å²) in [7, 11) is 1.67. The fraction of sp³-hybridized carbons (Fsp3) is 0.462. The Hall–Kier alpha value is -0.420. The van der Waals surface area contributed by atoms with E-state index < -0.39 is 0 Å². The molecule has 1 rings (SSSR count). The van der Waals surface area contributed by atoms with Gasteiger partial charge in [-0.05, 0) is 53.6 Å². The van der Waals surface area contributed by atoms with Crippen molar-refractivity contribution >= 4 is 28.4 Å². The molecule has 16 heavy (non-hydrogen) atoms. The number of hydrogen-bond donors (Lipinski definition) is 0. The zero-order valence-corrected chi connectivity index (χ0v) is 11.9. The van der Waals surface area contributed by atoms with Gasteiger partial charge < -0.3 is 4.74 Å². The van der Waals surface area contributed by atoms with Crippen molar-refractivity contribution in [1.29, 1.82) is 0 Å². The first-order valence-electron chi connectivity index (χ1n) is 5.40. The maximum absolute atomic E-state index is 11.7. The number of ether oxygens (including phenoxy) is 1. The Morgan fingerprint density at radius 1 is 1.38 bits per heavy atom. The van der Waals surface area contributed by atoms with Crippen LogP contribution in [0.1, 0.15) is 25.3 Å². The molecule has 1 aromatic carbocycles.